The summed E-state index contributed by atoms with van der Waals surface area (Å²) in [5.41, 5.74) is 6.32. The molecule has 4 rings (SSSR count). The number of piperidine rings is 1. The zero-order chi connectivity index (χ0) is 21.8. The second-order valence-electron chi connectivity index (χ2n) is 7.93. The average molecular weight is 421 g/mol. The van der Waals surface area contributed by atoms with Gasteiger partial charge in [-0.25, -0.2) is 0 Å². The van der Waals surface area contributed by atoms with Gasteiger partial charge in [0.1, 0.15) is 18.9 Å². The molecule has 1 amide bonds. The molecule has 0 radical (unpaired) electrons. The van der Waals surface area contributed by atoms with Gasteiger partial charge >= 0.3 is 5.97 Å². The molecule has 1 N–H and O–H groups in total. The molecule has 6 nitrogen and oxygen atoms in total. The van der Waals surface area contributed by atoms with Crippen molar-refractivity contribution in [3.8, 4) is 5.75 Å². The predicted molar refractivity (Wildman–Crippen MR) is 119 cm³/mol. The van der Waals surface area contributed by atoms with Gasteiger partial charge < -0.3 is 19.7 Å². The number of amides is 1. The van der Waals surface area contributed by atoms with Crippen molar-refractivity contribution in [3.05, 3.63) is 70.3 Å². The topological polar surface area (TPSA) is 67.9 Å². The van der Waals surface area contributed by atoms with Crippen LogP contribution in [-0.4, -0.2) is 50.1 Å². The molecule has 31 heavy (non-hydrogen) atoms. The van der Waals surface area contributed by atoms with E-state index in [4.69, 9.17) is 9.47 Å². The third kappa shape index (κ3) is 4.64. The standard InChI is InChI=1S/C25H28N2O4/c1-3-30-23(28)15-26-25(29)18-8-9-22-21(14-18)24(17-10-12-27(2)13-11-17)20-7-5-4-6-19(20)16-31-22/h4-9,14H,3,10-13,15-16H2,1-2H3,(H,26,29). The second-order valence-corrected chi connectivity index (χ2v) is 7.93. The SMILES string of the molecule is CCOC(=O)CNC(=O)c1ccc2c(c1)C(=C1CCN(C)CC1)c1ccccc1CO2. The number of hydrogen-bond acceptors (Lipinski definition) is 5. The van der Waals surface area contributed by atoms with E-state index in [-0.39, 0.29) is 19.1 Å². The zero-order valence-electron chi connectivity index (χ0n) is 18.1. The van der Waals surface area contributed by atoms with Crippen LogP contribution in [0, 0.1) is 0 Å². The lowest BCUT2D eigenvalue weighted by Gasteiger charge is -2.27. The minimum absolute atomic E-state index is 0.149. The van der Waals surface area contributed by atoms with Crippen molar-refractivity contribution >= 4 is 17.4 Å². The minimum Gasteiger partial charge on any atom is -0.488 e. The summed E-state index contributed by atoms with van der Waals surface area (Å²) in [6, 6.07) is 13.8. The highest BCUT2D eigenvalue weighted by molar-refractivity contribution is 5.98. The lowest BCUT2D eigenvalue weighted by molar-refractivity contribution is -0.141. The molecule has 0 unspecified atom stereocenters. The Labute approximate surface area is 182 Å². The van der Waals surface area contributed by atoms with Gasteiger partial charge in [0.2, 0.25) is 0 Å². The second kappa shape index (κ2) is 9.35. The van der Waals surface area contributed by atoms with E-state index < -0.39 is 5.97 Å². The number of ether oxygens (including phenoxy) is 2. The number of carbonyl (C=O) groups is 2. The van der Waals surface area contributed by atoms with E-state index in [1.54, 1.807) is 13.0 Å². The van der Waals surface area contributed by atoms with Crippen LogP contribution in [0.15, 0.2) is 48.0 Å². The van der Waals surface area contributed by atoms with E-state index in [9.17, 15) is 9.59 Å². The monoisotopic (exact) mass is 420 g/mol. The van der Waals surface area contributed by atoms with Crippen molar-refractivity contribution in [2.75, 3.05) is 33.3 Å². The summed E-state index contributed by atoms with van der Waals surface area (Å²) in [6.45, 7) is 4.39. The molecular formula is C25H28N2O4. The van der Waals surface area contributed by atoms with Gasteiger partial charge in [0, 0.05) is 24.2 Å². The number of hydrogen-bond donors (Lipinski definition) is 1. The summed E-state index contributed by atoms with van der Waals surface area (Å²) >= 11 is 0. The molecule has 2 aliphatic rings. The summed E-state index contributed by atoms with van der Waals surface area (Å²) in [7, 11) is 2.14. The third-order valence-electron chi connectivity index (χ3n) is 5.82. The van der Waals surface area contributed by atoms with Gasteiger partial charge in [-0.3, -0.25) is 9.59 Å². The van der Waals surface area contributed by atoms with E-state index in [0.717, 1.165) is 42.8 Å². The van der Waals surface area contributed by atoms with Crippen molar-refractivity contribution in [2.24, 2.45) is 0 Å². The van der Waals surface area contributed by atoms with Crippen molar-refractivity contribution in [1.29, 1.82) is 0 Å². The average Bonchev–Trinajstić information content (AvgIpc) is 2.95. The Balaban J connectivity index is 1.73. The number of carbonyl (C=O) groups excluding carboxylic acids is 2. The number of rotatable bonds is 4. The Hall–Kier alpha value is -3.12. The van der Waals surface area contributed by atoms with Crippen LogP contribution in [0.3, 0.4) is 0 Å². The van der Waals surface area contributed by atoms with Gasteiger partial charge in [-0.05, 0) is 61.7 Å². The Morgan fingerprint density at radius 2 is 1.87 bits per heavy atom. The van der Waals surface area contributed by atoms with Crippen LogP contribution in [0.2, 0.25) is 0 Å². The smallest absolute Gasteiger partial charge is 0.325 e. The molecule has 2 heterocycles. The van der Waals surface area contributed by atoms with Gasteiger partial charge in [-0.15, -0.1) is 0 Å². The normalized spacial score (nSPS) is 15.9. The van der Waals surface area contributed by atoms with Crippen molar-refractivity contribution in [1.82, 2.24) is 10.2 Å². The molecule has 1 saturated heterocycles. The summed E-state index contributed by atoms with van der Waals surface area (Å²) in [5, 5.41) is 2.65. The van der Waals surface area contributed by atoms with Crippen LogP contribution in [0.4, 0.5) is 0 Å². The fourth-order valence-electron chi connectivity index (χ4n) is 4.17. The first-order chi connectivity index (χ1) is 15.1. The number of fused-ring (bicyclic) bond motifs is 2. The van der Waals surface area contributed by atoms with E-state index in [0.29, 0.717) is 12.2 Å². The molecule has 2 aliphatic heterocycles. The maximum absolute atomic E-state index is 12.7. The first kappa shape index (κ1) is 21.1. The maximum atomic E-state index is 12.7. The summed E-state index contributed by atoms with van der Waals surface area (Å²) < 4.78 is 11.0. The Morgan fingerprint density at radius 3 is 2.65 bits per heavy atom. The summed E-state index contributed by atoms with van der Waals surface area (Å²) in [5.74, 6) is 0.0256. The molecule has 0 spiro atoms. The molecular weight excluding hydrogens is 392 g/mol. The molecule has 1 fully saturated rings. The summed E-state index contributed by atoms with van der Waals surface area (Å²) in [6.07, 6.45) is 1.97. The van der Waals surface area contributed by atoms with Crippen LogP contribution in [-0.2, 0) is 16.1 Å². The van der Waals surface area contributed by atoms with Gasteiger partial charge in [-0.1, -0.05) is 29.8 Å². The number of nitrogens with zero attached hydrogens (tertiary/aromatic N) is 1. The number of nitrogens with one attached hydrogen (secondary N) is 1. The molecule has 2 aromatic rings. The quantitative estimate of drug-likeness (QED) is 0.768. The van der Waals surface area contributed by atoms with Gasteiger partial charge in [0.05, 0.1) is 6.61 Å². The van der Waals surface area contributed by atoms with E-state index >= 15 is 0 Å². The fourth-order valence-corrected chi connectivity index (χ4v) is 4.17. The first-order valence-electron chi connectivity index (χ1n) is 10.8. The molecule has 0 saturated carbocycles. The lowest BCUT2D eigenvalue weighted by Crippen LogP contribution is -2.30. The van der Waals surface area contributed by atoms with Crippen LogP contribution in [0.5, 0.6) is 5.75 Å². The van der Waals surface area contributed by atoms with Crippen LogP contribution in [0.25, 0.3) is 5.57 Å². The third-order valence-corrected chi connectivity index (χ3v) is 5.82. The van der Waals surface area contributed by atoms with Crippen molar-refractivity contribution < 1.29 is 19.1 Å². The number of esters is 1. The van der Waals surface area contributed by atoms with Crippen molar-refractivity contribution in [2.45, 2.75) is 26.4 Å². The van der Waals surface area contributed by atoms with Crippen LogP contribution >= 0.6 is 0 Å². The molecule has 6 heteroatoms. The molecule has 0 aliphatic carbocycles. The maximum Gasteiger partial charge on any atom is 0.325 e. The van der Waals surface area contributed by atoms with E-state index in [1.807, 2.05) is 18.2 Å². The summed E-state index contributed by atoms with van der Waals surface area (Å²) in [4.78, 5) is 26.7. The van der Waals surface area contributed by atoms with Gasteiger partial charge in [0.25, 0.3) is 5.91 Å². The van der Waals surface area contributed by atoms with Gasteiger partial charge in [0.15, 0.2) is 0 Å². The van der Waals surface area contributed by atoms with Gasteiger partial charge in [-0.2, -0.15) is 0 Å². The Bertz CT molecular complexity index is 1020. The predicted octanol–water partition coefficient (Wildman–Crippen LogP) is 3.40. The van der Waals surface area contributed by atoms with Crippen LogP contribution in [0.1, 0.15) is 46.8 Å². The largest absolute Gasteiger partial charge is 0.488 e. The first-order valence-corrected chi connectivity index (χ1v) is 10.8. The lowest BCUT2D eigenvalue weighted by atomic mass is 9.86. The highest BCUT2D eigenvalue weighted by atomic mass is 16.5. The highest BCUT2D eigenvalue weighted by Crippen LogP contribution is 2.41. The molecule has 0 bridgehead atoms. The van der Waals surface area contributed by atoms with Crippen LogP contribution < -0.4 is 10.1 Å². The zero-order valence-corrected chi connectivity index (χ0v) is 18.1. The Kier molecular flexibility index (Phi) is 6.37. The molecule has 2 aromatic carbocycles. The van der Waals surface area contributed by atoms with E-state index in [1.165, 1.54) is 16.7 Å². The minimum atomic E-state index is -0.447. The Morgan fingerprint density at radius 1 is 1.10 bits per heavy atom. The highest BCUT2D eigenvalue weighted by Gasteiger charge is 2.25. The number of likely N-dealkylation sites (tertiary alicyclic amines) is 1. The molecule has 162 valence electrons. The number of benzene rings is 2. The van der Waals surface area contributed by atoms with Crippen molar-refractivity contribution in [3.63, 3.8) is 0 Å². The fraction of sp³-hybridized carbons (Fsp3) is 0.360. The molecule has 0 aromatic heterocycles. The van der Waals surface area contributed by atoms with E-state index in [2.05, 4.69) is 35.5 Å². The molecule has 0 atom stereocenters.